The number of carbonyl (C=O) groups excluding carboxylic acids is 1. The summed E-state index contributed by atoms with van der Waals surface area (Å²) in [6, 6.07) is 17.7. The van der Waals surface area contributed by atoms with Gasteiger partial charge in [-0.3, -0.25) is 19.5 Å². The van der Waals surface area contributed by atoms with Crippen molar-refractivity contribution in [3.8, 4) is 11.4 Å². The van der Waals surface area contributed by atoms with Gasteiger partial charge in [0.2, 0.25) is 5.91 Å². The number of nitrogens with one attached hydrogen (secondary N) is 1. The van der Waals surface area contributed by atoms with Gasteiger partial charge < -0.3 is 9.73 Å². The van der Waals surface area contributed by atoms with Gasteiger partial charge in [0.05, 0.1) is 29.0 Å². The number of nitro benzene ring substituents is 1. The number of hydrogen-bond donors (Lipinski definition) is 1. The van der Waals surface area contributed by atoms with Crippen LogP contribution in [0.4, 0.5) is 11.4 Å². The van der Waals surface area contributed by atoms with Gasteiger partial charge in [-0.1, -0.05) is 54.2 Å². The van der Waals surface area contributed by atoms with E-state index >= 15 is 0 Å². The lowest BCUT2D eigenvalue weighted by atomic mass is 10.2. The first-order valence-corrected chi connectivity index (χ1v) is 10.7. The van der Waals surface area contributed by atoms with Crippen LogP contribution in [0.5, 0.6) is 0 Å². The molecule has 32 heavy (non-hydrogen) atoms. The highest BCUT2D eigenvalue weighted by atomic mass is 32.2. The van der Waals surface area contributed by atoms with Gasteiger partial charge in [-0.05, 0) is 24.6 Å². The van der Waals surface area contributed by atoms with Crippen molar-refractivity contribution in [3.63, 3.8) is 0 Å². The van der Waals surface area contributed by atoms with Crippen molar-refractivity contribution in [1.82, 2.24) is 14.8 Å². The van der Waals surface area contributed by atoms with E-state index in [0.29, 0.717) is 17.5 Å². The lowest BCUT2D eigenvalue weighted by Crippen LogP contribution is -2.15. The van der Waals surface area contributed by atoms with Crippen molar-refractivity contribution in [2.24, 2.45) is 0 Å². The van der Waals surface area contributed by atoms with Gasteiger partial charge in [0.1, 0.15) is 11.4 Å². The minimum atomic E-state index is -0.529. The number of anilines is 1. The molecule has 0 radical (unpaired) electrons. The number of aromatic nitrogens is 3. The van der Waals surface area contributed by atoms with Gasteiger partial charge in [-0.15, -0.1) is 10.2 Å². The number of amides is 1. The van der Waals surface area contributed by atoms with E-state index < -0.39 is 4.92 Å². The third kappa shape index (κ3) is 4.70. The van der Waals surface area contributed by atoms with E-state index in [2.05, 4.69) is 15.5 Å². The second-order valence-electron chi connectivity index (χ2n) is 6.88. The second kappa shape index (κ2) is 9.48. The summed E-state index contributed by atoms with van der Waals surface area (Å²) in [6.07, 6.45) is 1.60. The number of thioether (sulfide) groups is 1. The topological polar surface area (TPSA) is 116 Å². The quantitative estimate of drug-likeness (QED) is 0.239. The van der Waals surface area contributed by atoms with E-state index in [1.807, 2.05) is 47.9 Å². The van der Waals surface area contributed by atoms with E-state index in [1.165, 1.54) is 23.9 Å². The molecule has 2 heterocycles. The number of aryl methyl sites for hydroxylation is 1. The summed E-state index contributed by atoms with van der Waals surface area (Å²) in [7, 11) is 0. The van der Waals surface area contributed by atoms with Crippen molar-refractivity contribution in [1.29, 1.82) is 0 Å². The molecule has 0 spiro atoms. The number of hydrogen-bond acceptors (Lipinski definition) is 7. The Morgan fingerprint density at radius 3 is 2.59 bits per heavy atom. The summed E-state index contributed by atoms with van der Waals surface area (Å²) >= 11 is 1.21. The van der Waals surface area contributed by atoms with Crippen LogP contribution in [0.25, 0.3) is 11.4 Å². The molecule has 0 aliphatic rings. The normalized spacial score (nSPS) is 10.8. The summed E-state index contributed by atoms with van der Waals surface area (Å²) in [6.45, 7) is 2.37. The van der Waals surface area contributed by atoms with Crippen molar-refractivity contribution in [2.45, 2.75) is 18.6 Å². The number of nitro groups is 1. The van der Waals surface area contributed by atoms with Gasteiger partial charge in [0.15, 0.2) is 11.0 Å². The Hall–Kier alpha value is -3.92. The average molecular weight is 449 g/mol. The highest BCUT2D eigenvalue weighted by Crippen LogP contribution is 2.28. The molecule has 4 rings (SSSR count). The summed E-state index contributed by atoms with van der Waals surface area (Å²) < 4.78 is 7.35. The molecule has 0 aliphatic carbocycles. The molecule has 162 valence electrons. The molecule has 9 nitrogen and oxygen atoms in total. The lowest BCUT2D eigenvalue weighted by Gasteiger charge is -2.10. The van der Waals surface area contributed by atoms with E-state index in [9.17, 15) is 14.9 Å². The molecule has 1 amide bonds. The predicted octanol–water partition coefficient (Wildman–Crippen LogP) is 4.53. The van der Waals surface area contributed by atoms with Crippen LogP contribution >= 0.6 is 11.8 Å². The van der Waals surface area contributed by atoms with Crippen LogP contribution in [-0.4, -0.2) is 31.3 Å². The first-order valence-electron chi connectivity index (χ1n) is 9.70. The van der Waals surface area contributed by atoms with Crippen molar-refractivity contribution in [3.05, 3.63) is 88.4 Å². The molecule has 4 aromatic rings. The van der Waals surface area contributed by atoms with E-state index in [0.717, 1.165) is 16.9 Å². The van der Waals surface area contributed by atoms with Gasteiger partial charge in [-0.25, -0.2) is 0 Å². The first-order chi connectivity index (χ1) is 15.5. The van der Waals surface area contributed by atoms with Gasteiger partial charge in [0.25, 0.3) is 5.69 Å². The molecule has 0 unspecified atom stereocenters. The largest absolute Gasteiger partial charge is 0.469 e. The fraction of sp³-hybridized carbons (Fsp3) is 0.136. The first kappa shape index (κ1) is 21.3. The molecular weight excluding hydrogens is 430 g/mol. The number of rotatable bonds is 8. The molecule has 1 N–H and O–H groups in total. The maximum absolute atomic E-state index is 12.5. The smallest absolute Gasteiger partial charge is 0.292 e. The fourth-order valence-corrected chi connectivity index (χ4v) is 3.91. The third-order valence-corrected chi connectivity index (χ3v) is 5.67. The number of para-hydroxylation sites is 2. The molecule has 0 saturated carbocycles. The summed E-state index contributed by atoms with van der Waals surface area (Å²) in [5.74, 6) is 1.00. The number of furan rings is 1. The van der Waals surface area contributed by atoms with Crippen molar-refractivity contribution in [2.75, 3.05) is 11.1 Å². The highest BCUT2D eigenvalue weighted by Gasteiger charge is 2.20. The monoisotopic (exact) mass is 449 g/mol. The average Bonchev–Trinajstić information content (AvgIpc) is 3.38. The Morgan fingerprint density at radius 2 is 1.88 bits per heavy atom. The zero-order chi connectivity index (χ0) is 22.5. The van der Waals surface area contributed by atoms with Crippen LogP contribution in [0.1, 0.15) is 11.3 Å². The van der Waals surface area contributed by atoms with E-state index in [-0.39, 0.29) is 23.0 Å². The third-order valence-electron chi connectivity index (χ3n) is 4.71. The molecule has 0 fully saturated rings. The van der Waals surface area contributed by atoms with Crippen LogP contribution in [0.15, 0.2) is 76.5 Å². The molecule has 0 saturated heterocycles. The van der Waals surface area contributed by atoms with Crippen molar-refractivity contribution < 1.29 is 14.1 Å². The number of benzene rings is 2. The van der Waals surface area contributed by atoms with Crippen LogP contribution in [-0.2, 0) is 11.3 Å². The van der Waals surface area contributed by atoms with Crippen LogP contribution in [0, 0.1) is 17.0 Å². The van der Waals surface area contributed by atoms with Crippen LogP contribution in [0.3, 0.4) is 0 Å². The maximum atomic E-state index is 12.5. The van der Waals surface area contributed by atoms with Crippen LogP contribution < -0.4 is 5.32 Å². The standard InChI is InChI=1S/C22H19N5O4S/c1-15-17(11-12-31-15)21-24-25-22(26(21)13-16-7-3-2-4-8-16)32-14-20(28)23-18-9-5-6-10-19(18)27(29)30/h2-12H,13-14H2,1H3,(H,23,28). The highest BCUT2D eigenvalue weighted by molar-refractivity contribution is 7.99. The van der Waals surface area contributed by atoms with E-state index in [4.69, 9.17) is 4.42 Å². The second-order valence-corrected chi connectivity index (χ2v) is 7.82. The predicted molar refractivity (Wildman–Crippen MR) is 120 cm³/mol. The molecule has 2 aromatic heterocycles. The Morgan fingerprint density at radius 1 is 1.12 bits per heavy atom. The van der Waals surface area contributed by atoms with Crippen molar-refractivity contribution >= 4 is 29.0 Å². The Labute approximate surface area is 187 Å². The van der Waals surface area contributed by atoms with Gasteiger partial charge in [-0.2, -0.15) is 0 Å². The zero-order valence-electron chi connectivity index (χ0n) is 17.1. The number of nitrogens with zero attached hydrogens (tertiary/aromatic N) is 4. The maximum Gasteiger partial charge on any atom is 0.292 e. The van der Waals surface area contributed by atoms with Gasteiger partial charge in [0, 0.05) is 6.07 Å². The molecular formula is C22H19N5O4S. The molecule has 0 atom stereocenters. The lowest BCUT2D eigenvalue weighted by molar-refractivity contribution is -0.383. The summed E-state index contributed by atoms with van der Waals surface area (Å²) in [5.41, 5.74) is 1.88. The zero-order valence-corrected chi connectivity index (χ0v) is 17.9. The van der Waals surface area contributed by atoms with E-state index in [1.54, 1.807) is 18.4 Å². The molecule has 0 bridgehead atoms. The minimum Gasteiger partial charge on any atom is -0.469 e. The summed E-state index contributed by atoms with van der Waals surface area (Å²) in [4.78, 5) is 23.1. The molecule has 2 aromatic carbocycles. The van der Waals surface area contributed by atoms with Crippen LogP contribution in [0.2, 0.25) is 0 Å². The Kier molecular flexibility index (Phi) is 6.31. The fourth-order valence-electron chi connectivity index (χ4n) is 3.18. The molecule has 0 aliphatic heterocycles. The Balaban J connectivity index is 1.55. The minimum absolute atomic E-state index is 0.0172. The SMILES string of the molecule is Cc1occc1-c1nnc(SCC(=O)Nc2ccccc2[N+](=O)[O-])n1Cc1ccccc1. The number of carbonyl (C=O) groups is 1. The van der Waals surface area contributed by atoms with Gasteiger partial charge >= 0.3 is 0 Å². The Bertz CT molecular complexity index is 1250. The molecule has 10 heteroatoms. The summed E-state index contributed by atoms with van der Waals surface area (Å²) in [5, 5.41) is 22.9.